The smallest absolute Gasteiger partial charge is 0.251 e. The lowest BCUT2D eigenvalue weighted by molar-refractivity contribution is 0.0947. The summed E-state index contributed by atoms with van der Waals surface area (Å²) in [6.07, 6.45) is 4.96. The Morgan fingerprint density at radius 2 is 1.89 bits per heavy atom. The van der Waals surface area contributed by atoms with Crippen LogP contribution >= 0.6 is 23.2 Å². The number of aromatic amines is 1. The monoisotopic (exact) mass is 402 g/mol. The third kappa shape index (κ3) is 4.04. The van der Waals surface area contributed by atoms with Crippen LogP contribution in [0.1, 0.15) is 36.0 Å². The van der Waals surface area contributed by atoms with E-state index in [9.17, 15) is 4.79 Å². The maximum absolute atomic E-state index is 12.4. The Hall–Kier alpha value is -2.24. The summed E-state index contributed by atoms with van der Waals surface area (Å²) in [4.78, 5) is 20.1. The molecular formula is C20H20Cl2N4O. The van der Waals surface area contributed by atoms with Crippen molar-refractivity contribution < 1.29 is 4.79 Å². The predicted molar refractivity (Wildman–Crippen MR) is 110 cm³/mol. The van der Waals surface area contributed by atoms with Crippen LogP contribution in [0.2, 0.25) is 10.0 Å². The first kappa shape index (κ1) is 18.1. The van der Waals surface area contributed by atoms with E-state index in [1.807, 2.05) is 12.1 Å². The molecule has 1 fully saturated rings. The number of aromatic nitrogens is 2. The van der Waals surface area contributed by atoms with Gasteiger partial charge in [-0.15, -0.1) is 0 Å². The van der Waals surface area contributed by atoms with Gasteiger partial charge in [0.05, 0.1) is 26.8 Å². The number of benzene rings is 2. The molecule has 7 heteroatoms. The molecule has 0 aliphatic heterocycles. The molecule has 0 bridgehead atoms. The maximum Gasteiger partial charge on any atom is 0.251 e. The Kier molecular flexibility index (Phi) is 5.23. The van der Waals surface area contributed by atoms with Crippen LogP contribution in [0, 0.1) is 5.92 Å². The number of rotatable bonds is 5. The molecule has 1 aliphatic rings. The largest absolute Gasteiger partial charge is 0.352 e. The molecule has 2 aromatic carbocycles. The van der Waals surface area contributed by atoms with Gasteiger partial charge in [-0.1, -0.05) is 42.1 Å². The lowest BCUT2D eigenvalue weighted by Crippen LogP contribution is -2.28. The van der Waals surface area contributed by atoms with E-state index in [4.69, 9.17) is 23.2 Å². The average Bonchev–Trinajstić information content (AvgIpc) is 3.31. The molecule has 0 atom stereocenters. The highest BCUT2D eigenvalue weighted by Crippen LogP contribution is 2.32. The summed E-state index contributed by atoms with van der Waals surface area (Å²) in [6, 6.07) is 10.7. The second kappa shape index (κ2) is 7.79. The zero-order valence-corrected chi connectivity index (χ0v) is 16.2. The number of carbonyl (C=O) groups is 1. The molecule has 1 amide bonds. The zero-order valence-electron chi connectivity index (χ0n) is 14.7. The molecule has 0 unspecified atom stereocenters. The number of H-pyrrole nitrogens is 1. The van der Waals surface area contributed by atoms with E-state index in [1.54, 1.807) is 24.3 Å². The standard InChI is InChI=1S/C20H20Cl2N4O/c21-14-6-3-7-15(22)18(14)26-20-24-16-9-8-13(10-17(16)25-20)19(27)23-11-12-4-1-2-5-12/h3,6-10,12H,1-2,4-5,11H2,(H,23,27)(H2,24,25,26). The van der Waals surface area contributed by atoms with Gasteiger partial charge in [-0.25, -0.2) is 4.98 Å². The number of carbonyl (C=O) groups excluding carboxylic acids is 1. The minimum atomic E-state index is -0.0537. The van der Waals surface area contributed by atoms with E-state index in [2.05, 4.69) is 20.6 Å². The van der Waals surface area contributed by atoms with Gasteiger partial charge in [0.25, 0.3) is 5.91 Å². The Morgan fingerprint density at radius 3 is 2.63 bits per heavy atom. The van der Waals surface area contributed by atoms with Gasteiger partial charge >= 0.3 is 0 Å². The third-order valence-electron chi connectivity index (χ3n) is 4.98. The van der Waals surface area contributed by atoms with Crippen LogP contribution in [0.15, 0.2) is 36.4 Å². The minimum absolute atomic E-state index is 0.0537. The lowest BCUT2D eigenvalue weighted by Gasteiger charge is -2.10. The van der Waals surface area contributed by atoms with Crippen LogP contribution in [-0.4, -0.2) is 22.4 Å². The molecule has 0 spiro atoms. The second-order valence-corrected chi connectivity index (χ2v) is 7.71. The summed E-state index contributed by atoms with van der Waals surface area (Å²) < 4.78 is 0. The number of nitrogens with zero attached hydrogens (tertiary/aromatic N) is 1. The number of halogens is 2. The molecule has 1 aromatic heterocycles. The van der Waals surface area contributed by atoms with Gasteiger partial charge in [0.15, 0.2) is 0 Å². The summed E-state index contributed by atoms with van der Waals surface area (Å²) in [5.41, 5.74) is 2.74. The van der Waals surface area contributed by atoms with Crippen molar-refractivity contribution in [2.24, 2.45) is 5.92 Å². The third-order valence-corrected chi connectivity index (χ3v) is 5.61. The van der Waals surface area contributed by atoms with Crippen molar-refractivity contribution in [2.75, 3.05) is 11.9 Å². The van der Waals surface area contributed by atoms with Gasteiger partial charge in [0.1, 0.15) is 0 Å². The summed E-state index contributed by atoms with van der Waals surface area (Å²) in [5.74, 6) is 1.08. The molecule has 3 N–H and O–H groups in total. The van der Waals surface area contributed by atoms with E-state index in [-0.39, 0.29) is 5.91 Å². The van der Waals surface area contributed by atoms with Crippen LogP contribution in [0.5, 0.6) is 0 Å². The second-order valence-electron chi connectivity index (χ2n) is 6.90. The number of fused-ring (bicyclic) bond motifs is 1. The van der Waals surface area contributed by atoms with Crippen molar-refractivity contribution >= 4 is 51.8 Å². The number of hydrogen-bond donors (Lipinski definition) is 3. The normalized spacial score (nSPS) is 14.6. The van der Waals surface area contributed by atoms with Gasteiger partial charge in [-0.05, 0) is 49.1 Å². The first-order valence-electron chi connectivity index (χ1n) is 9.09. The van der Waals surface area contributed by atoms with E-state index in [0.29, 0.717) is 33.2 Å². The number of amides is 1. The fraction of sp³-hybridized carbons (Fsp3) is 0.300. The van der Waals surface area contributed by atoms with Gasteiger partial charge in [-0.3, -0.25) is 4.79 Å². The first-order valence-corrected chi connectivity index (χ1v) is 9.85. The van der Waals surface area contributed by atoms with Gasteiger partial charge in [0.2, 0.25) is 5.95 Å². The minimum Gasteiger partial charge on any atom is -0.352 e. The van der Waals surface area contributed by atoms with Crippen molar-refractivity contribution in [3.8, 4) is 0 Å². The fourth-order valence-electron chi connectivity index (χ4n) is 3.50. The van der Waals surface area contributed by atoms with Crippen LogP contribution in [0.4, 0.5) is 11.6 Å². The summed E-state index contributed by atoms with van der Waals surface area (Å²) >= 11 is 12.4. The Labute approximate surface area is 167 Å². The molecule has 140 valence electrons. The number of anilines is 2. The van der Waals surface area contributed by atoms with Gasteiger partial charge in [-0.2, -0.15) is 0 Å². The Bertz CT molecular complexity index is 959. The van der Waals surface area contributed by atoms with Gasteiger partial charge in [0, 0.05) is 12.1 Å². The van der Waals surface area contributed by atoms with Crippen molar-refractivity contribution in [3.63, 3.8) is 0 Å². The van der Waals surface area contributed by atoms with Crippen molar-refractivity contribution in [3.05, 3.63) is 52.0 Å². The van der Waals surface area contributed by atoms with Crippen LogP contribution in [0.3, 0.4) is 0 Å². The molecule has 1 aliphatic carbocycles. The summed E-state index contributed by atoms with van der Waals surface area (Å²) in [7, 11) is 0. The molecule has 0 radical (unpaired) electrons. The highest BCUT2D eigenvalue weighted by molar-refractivity contribution is 6.39. The predicted octanol–water partition coefficient (Wildman–Crippen LogP) is 5.53. The van der Waals surface area contributed by atoms with Crippen molar-refractivity contribution in [1.82, 2.24) is 15.3 Å². The molecule has 3 aromatic rings. The number of imidazole rings is 1. The molecule has 5 nitrogen and oxygen atoms in total. The quantitative estimate of drug-likeness (QED) is 0.524. The molecular weight excluding hydrogens is 383 g/mol. The zero-order chi connectivity index (χ0) is 18.8. The summed E-state index contributed by atoms with van der Waals surface area (Å²) in [6.45, 7) is 0.748. The molecule has 4 rings (SSSR count). The molecule has 1 heterocycles. The van der Waals surface area contributed by atoms with Crippen molar-refractivity contribution in [1.29, 1.82) is 0 Å². The number of hydrogen-bond acceptors (Lipinski definition) is 3. The molecule has 0 saturated heterocycles. The van der Waals surface area contributed by atoms with E-state index >= 15 is 0 Å². The average molecular weight is 403 g/mol. The SMILES string of the molecule is O=C(NCC1CCCC1)c1ccc2nc(Nc3c(Cl)cccc3Cl)[nH]c2c1. The van der Waals surface area contributed by atoms with Crippen LogP contribution < -0.4 is 10.6 Å². The maximum atomic E-state index is 12.4. The van der Waals surface area contributed by atoms with Crippen molar-refractivity contribution in [2.45, 2.75) is 25.7 Å². The van der Waals surface area contributed by atoms with Crippen LogP contribution in [0.25, 0.3) is 11.0 Å². The number of nitrogens with one attached hydrogen (secondary N) is 3. The first-order chi connectivity index (χ1) is 13.1. The lowest BCUT2D eigenvalue weighted by atomic mass is 10.1. The van der Waals surface area contributed by atoms with E-state index in [1.165, 1.54) is 25.7 Å². The van der Waals surface area contributed by atoms with Gasteiger partial charge < -0.3 is 15.6 Å². The highest BCUT2D eigenvalue weighted by Gasteiger charge is 2.17. The number of para-hydroxylation sites is 1. The Morgan fingerprint density at radius 1 is 1.15 bits per heavy atom. The topological polar surface area (TPSA) is 69.8 Å². The summed E-state index contributed by atoms with van der Waals surface area (Å²) in [5, 5.41) is 7.17. The molecule has 27 heavy (non-hydrogen) atoms. The van der Waals surface area contributed by atoms with E-state index in [0.717, 1.165) is 17.6 Å². The van der Waals surface area contributed by atoms with Crippen LogP contribution in [-0.2, 0) is 0 Å². The van der Waals surface area contributed by atoms with E-state index < -0.39 is 0 Å². The highest BCUT2D eigenvalue weighted by atomic mass is 35.5. The fourth-order valence-corrected chi connectivity index (χ4v) is 3.99. The molecule has 1 saturated carbocycles. The Balaban J connectivity index is 1.50.